The van der Waals surface area contributed by atoms with Crippen LogP contribution in [-0.2, 0) is 38.0 Å². The number of benzene rings is 1. The van der Waals surface area contributed by atoms with Crippen molar-refractivity contribution in [1.82, 2.24) is 0 Å². The monoisotopic (exact) mass is 856 g/mol. The van der Waals surface area contributed by atoms with Crippen LogP contribution in [0.3, 0.4) is 0 Å². The molecule has 0 aromatic heterocycles. The third-order valence-corrected chi connectivity index (χ3v) is 15.5. The van der Waals surface area contributed by atoms with E-state index < -0.39 is 67.2 Å². The van der Waals surface area contributed by atoms with E-state index in [-0.39, 0.29) is 59.2 Å². The highest BCUT2D eigenvalue weighted by atomic mass is 16.7. The Labute approximate surface area is 359 Å². The van der Waals surface area contributed by atoms with Crippen molar-refractivity contribution in [2.75, 3.05) is 20.3 Å². The molecule has 1 aromatic carbocycles. The molecule has 6 aliphatic rings. The Morgan fingerprint density at radius 3 is 2.21 bits per heavy atom. The number of allylic oxidation sites excluding steroid dienone is 1. The van der Waals surface area contributed by atoms with Gasteiger partial charge in [-0.1, -0.05) is 46.3 Å². The van der Waals surface area contributed by atoms with E-state index in [2.05, 4.69) is 33.8 Å². The Morgan fingerprint density at radius 2 is 1.54 bits per heavy atom. The lowest BCUT2D eigenvalue weighted by molar-refractivity contribution is -0.340. The second kappa shape index (κ2) is 18.6. The van der Waals surface area contributed by atoms with Gasteiger partial charge in [0.15, 0.2) is 24.8 Å². The average molecular weight is 857 g/mol. The van der Waals surface area contributed by atoms with Crippen LogP contribution in [0.1, 0.15) is 110 Å². The molecular weight excluding hydrogens is 789 g/mol. The minimum Gasteiger partial charge on any atom is -0.497 e. The molecule has 0 radical (unpaired) electrons. The maximum atomic E-state index is 14.1. The van der Waals surface area contributed by atoms with E-state index in [4.69, 9.17) is 33.2 Å². The maximum absolute atomic E-state index is 14.1. The lowest BCUT2D eigenvalue weighted by Crippen LogP contribution is -2.62. The van der Waals surface area contributed by atoms with Crippen LogP contribution in [0.2, 0.25) is 0 Å². The molecule has 2 saturated heterocycles. The second-order valence-electron chi connectivity index (χ2n) is 19.6. The molecule has 61 heavy (non-hydrogen) atoms. The molecule has 3 saturated carbocycles. The number of ketones is 1. The molecule has 7 rings (SSSR count). The summed E-state index contributed by atoms with van der Waals surface area (Å²) in [6.07, 6.45) is -2.54. The summed E-state index contributed by atoms with van der Waals surface area (Å²) in [6, 6.07) is 6.12. The zero-order valence-electron chi connectivity index (χ0n) is 36.8. The Bertz CT molecular complexity index is 1750. The van der Waals surface area contributed by atoms with Crippen LogP contribution in [0.4, 0.5) is 0 Å². The van der Waals surface area contributed by atoms with Gasteiger partial charge in [-0.05, 0) is 110 Å². The average Bonchev–Trinajstić information content (AvgIpc) is 3.52. The zero-order chi connectivity index (χ0) is 44.0. The van der Waals surface area contributed by atoms with Gasteiger partial charge in [0.25, 0.3) is 0 Å². The number of carbonyl (C=O) groups is 3. The summed E-state index contributed by atoms with van der Waals surface area (Å²) in [7, 11) is 1.49. The number of methoxy groups -OCH3 is 1. The van der Waals surface area contributed by atoms with E-state index in [9.17, 15) is 34.8 Å². The maximum Gasteiger partial charge on any atom is 0.338 e. The van der Waals surface area contributed by atoms with Gasteiger partial charge in [-0.2, -0.15) is 0 Å². The van der Waals surface area contributed by atoms with Crippen molar-refractivity contribution >= 4 is 17.7 Å². The van der Waals surface area contributed by atoms with E-state index in [1.807, 2.05) is 6.92 Å². The van der Waals surface area contributed by atoms with Crippen LogP contribution in [0.15, 0.2) is 35.9 Å². The van der Waals surface area contributed by atoms with E-state index in [1.165, 1.54) is 31.7 Å². The van der Waals surface area contributed by atoms with Gasteiger partial charge in [-0.15, -0.1) is 0 Å². The Kier molecular flexibility index (Phi) is 14.1. The molecule has 5 fully saturated rings. The fourth-order valence-corrected chi connectivity index (χ4v) is 12.2. The van der Waals surface area contributed by atoms with Crippen molar-refractivity contribution in [2.24, 2.45) is 46.3 Å². The van der Waals surface area contributed by atoms with Crippen LogP contribution in [0.25, 0.3) is 0 Å². The van der Waals surface area contributed by atoms with Gasteiger partial charge in [-0.3, -0.25) is 9.59 Å². The minimum atomic E-state index is -1.62. The van der Waals surface area contributed by atoms with Crippen molar-refractivity contribution in [2.45, 2.75) is 161 Å². The minimum absolute atomic E-state index is 0.00978. The number of fused-ring (bicyclic) bond motifs is 5. The molecule has 0 bridgehead atoms. The topological polar surface area (TPSA) is 197 Å². The van der Waals surface area contributed by atoms with Crippen LogP contribution in [0, 0.1) is 46.3 Å². The lowest BCUT2D eigenvalue weighted by atomic mass is 9.47. The zero-order valence-corrected chi connectivity index (χ0v) is 36.8. The predicted molar refractivity (Wildman–Crippen MR) is 220 cm³/mol. The van der Waals surface area contributed by atoms with Gasteiger partial charge >= 0.3 is 11.9 Å². The van der Waals surface area contributed by atoms with E-state index in [0.29, 0.717) is 36.3 Å². The van der Waals surface area contributed by atoms with Crippen molar-refractivity contribution < 1.29 is 68.0 Å². The normalized spacial score (nSPS) is 41.4. The van der Waals surface area contributed by atoms with E-state index >= 15 is 0 Å². The largest absolute Gasteiger partial charge is 0.497 e. The van der Waals surface area contributed by atoms with Crippen LogP contribution in [0.5, 0.6) is 5.75 Å². The number of rotatable bonds is 13. The summed E-state index contributed by atoms with van der Waals surface area (Å²) in [5.41, 5.74) is 1.28. The van der Waals surface area contributed by atoms with Gasteiger partial charge in [0.05, 0.1) is 38.1 Å². The fraction of sp³-hybridized carbons (Fsp3) is 0.766. The Morgan fingerprint density at radius 1 is 0.852 bits per heavy atom. The Hall–Kier alpha value is -2.95. The predicted octanol–water partition coefficient (Wildman–Crippen LogP) is 4.91. The molecule has 2 heterocycles. The molecule has 2 aliphatic heterocycles. The molecule has 14 heteroatoms. The quantitative estimate of drug-likeness (QED) is 0.154. The summed E-state index contributed by atoms with van der Waals surface area (Å²) in [5, 5.41) is 43.6. The first-order valence-electron chi connectivity index (χ1n) is 22.5. The Balaban J connectivity index is 1.16. The van der Waals surface area contributed by atoms with Crippen LogP contribution >= 0.6 is 0 Å². The highest BCUT2D eigenvalue weighted by Crippen LogP contribution is 2.68. The molecule has 14 nitrogen and oxygen atoms in total. The van der Waals surface area contributed by atoms with Crippen LogP contribution in [-0.4, -0.2) is 120 Å². The first-order chi connectivity index (χ1) is 28.9. The molecule has 0 amide bonds. The van der Waals surface area contributed by atoms with Crippen LogP contribution < -0.4 is 4.74 Å². The van der Waals surface area contributed by atoms with Gasteiger partial charge < -0.3 is 53.6 Å². The first-order valence-corrected chi connectivity index (χ1v) is 22.5. The van der Waals surface area contributed by atoms with Crippen molar-refractivity contribution in [3.63, 3.8) is 0 Å². The lowest BCUT2D eigenvalue weighted by Gasteiger charge is -2.58. The molecule has 4 aliphatic carbocycles. The summed E-state index contributed by atoms with van der Waals surface area (Å²) in [5.74, 6) is 0.0679. The molecule has 17 atom stereocenters. The standard InChI is InChI=1S/C47H68O14/c1-24(2)8-15-34(50)25(3)38-37(21-33-31-14-11-28-20-29(49)16-18-46(28,5)32(31)17-19-47(33,38)6)59-45-42(58-26(4)48)40(36(52)23-57-45)61-44-41(39(53)35(51)22-56-44)60-43(54)27-9-12-30(55-7)13-10-27/h9-13,24-25,29,31-33,35-42,44-45,49,51-53H,8,14-23H2,1-7H3/t25-,29+,31-,32+,33+,35-,36+,37+,38+,39+,40+,41-,42-,44+,45+,46+,47+/m1/s1. The summed E-state index contributed by atoms with van der Waals surface area (Å²) in [4.78, 5) is 40.2. The summed E-state index contributed by atoms with van der Waals surface area (Å²) >= 11 is 0. The number of hydrogen-bond donors (Lipinski definition) is 4. The smallest absolute Gasteiger partial charge is 0.338 e. The summed E-state index contributed by atoms with van der Waals surface area (Å²) < 4.78 is 42.0. The highest BCUT2D eigenvalue weighted by molar-refractivity contribution is 5.89. The number of aliphatic hydroxyl groups excluding tert-OH is 4. The van der Waals surface area contributed by atoms with Gasteiger partial charge in [-0.25, -0.2) is 4.79 Å². The molecule has 0 spiro atoms. The molecule has 0 unspecified atom stereocenters. The number of hydrogen-bond acceptors (Lipinski definition) is 14. The van der Waals surface area contributed by atoms with Crippen molar-refractivity contribution in [3.8, 4) is 5.75 Å². The number of aliphatic hydroxyl groups is 4. The first kappa shape index (κ1) is 46.1. The van der Waals surface area contributed by atoms with Crippen molar-refractivity contribution in [1.29, 1.82) is 0 Å². The number of carbonyl (C=O) groups excluding carboxylic acids is 3. The number of esters is 2. The molecule has 340 valence electrons. The number of ether oxygens (including phenoxy) is 7. The molecule has 4 N–H and O–H groups in total. The molecular formula is C47H68O14. The van der Waals surface area contributed by atoms with E-state index in [0.717, 1.165) is 44.9 Å². The second-order valence-corrected chi connectivity index (χ2v) is 19.6. The SMILES string of the molecule is COc1ccc(C(=O)O[C@H]2[C@H](O[C@@H]3[C@@H](OC(C)=O)[C@H](O[C@H]4C[C@H]5[C@@H]6CC=C7C[C@@H](O)CC[C@]7(C)[C@H]6CC[C@]5(C)[C@H]4[C@H](C)C(=O)CCC(C)C)OC[C@@H]3O)OC[C@@H](O)[C@@H]2O)cc1. The number of Topliss-reactive ketones (excluding diaryl/α,β-unsaturated/α-hetero) is 1. The van der Waals surface area contributed by atoms with Gasteiger partial charge in [0.1, 0.15) is 35.9 Å². The highest BCUT2D eigenvalue weighted by Gasteiger charge is 2.64. The van der Waals surface area contributed by atoms with Gasteiger partial charge in [0, 0.05) is 25.2 Å². The summed E-state index contributed by atoms with van der Waals surface area (Å²) in [6.45, 7) is 11.6. The van der Waals surface area contributed by atoms with Gasteiger partial charge in [0.2, 0.25) is 0 Å². The third-order valence-electron chi connectivity index (χ3n) is 15.5. The van der Waals surface area contributed by atoms with E-state index in [1.54, 1.807) is 12.1 Å². The molecule has 1 aromatic rings. The fourth-order valence-electron chi connectivity index (χ4n) is 12.2. The third kappa shape index (κ3) is 9.20. The van der Waals surface area contributed by atoms with Crippen molar-refractivity contribution in [3.05, 3.63) is 41.5 Å².